The van der Waals surface area contributed by atoms with Gasteiger partial charge in [0.2, 0.25) is 0 Å². The summed E-state index contributed by atoms with van der Waals surface area (Å²) in [5.41, 5.74) is -0.772. The summed E-state index contributed by atoms with van der Waals surface area (Å²) in [6, 6.07) is 8.15. The van der Waals surface area contributed by atoms with Gasteiger partial charge in [-0.3, -0.25) is 4.79 Å². The maximum atomic E-state index is 12.9. The Labute approximate surface area is 180 Å². The van der Waals surface area contributed by atoms with Crippen molar-refractivity contribution in [3.63, 3.8) is 0 Å². The Morgan fingerprint density at radius 3 is 2.45 bits per heavy atom. The highest BCUT2D eigenvalue weighted by molar-refractivity contribution is 7.90. The monoisotopic (exact) mass is 454 g/mol. The van der Waals surface area contributed by atoms with E-state index < -0.39 is 32.2 Å². The van der Waals surface area contributed by atoms with Crippen LogP contribution in [0.15, 0.2) is 47.4 Å². The van der Waals surface area contributed by atoms with Gasteiger partial charge in [-0.1, -0.05) is 31.9 Å². The largest absolute Gasteiger partial charge is 0.416 e. The highest BCUT2D eigenvalue weighted by atomic mass is 32.2. The molecule has 0 spiro atoms. The Balaban J connectivity index is 1.74. The zero-order chi connectivity index (χ0) is 22.6. The quantitative estimate of drug-likeness (QED) is 0.633. The van der Waals surface area contributed by atoms with Crippen LogP contribution in [0, 0.1) is 5.92 Å². The molecule has 31 heavy (non-hydrogen) atoms. The molecular weight excluding hydrogens is 429 g/mol. The van der Waals surface area contributed by atoms with E-state index in [0.29, 0.717) is 25.1 Å². The van der Waals surface area contributed by atoms with Crippen LogP contribution in [0.5, 0.6) is 0 Å². The first-order chi connectivity index (χ1) is 14.6. The van der Waals surface area contributed by atoms with Crippen LogP contribution in [0.4, 0.5) is 13.2 Å². The number of likely N-dealkylation sites (tertiary alicyclic amines) is 1. The second-order valence-corrected chi connectivity index (χ2v) is 9.81. The molecule has 1 aliphatic heterocycles. The summed E-state index contributed by atoms with van der Waals surface area (Å²) in [6.07, 6.45) is -0.515. The number of pyridine rings is 1. The third-order valence-corrected chi connectivity index (χ3v) is 7.13. The van der Waals surface area contributed by atoms with Crippen molar-refractivity contribution in [1.29, 1.82) is 0 Å². The van der Waals surface area contributed by atoms with Gasteiger partial charge >= 0.3 is 6.18 Å². The summed E-state index contributed by atoms with van der Waals surface area (Å²) in [6.45, 7) is 3.41. The van der Waals surface area contributed by atoms with E-state index in [1.165, 1.54) is 12.1 Å². The number of rotatable bonds is 6. The Hall–Kier alpha value is -2.42. The number of halogens is 3. The summed E-state index contributed by atoms with van der Waals surface area (Å²) in [5, 5.41) is 0. The maximum absolute atomic E-state index is 12.9. The molecule has 1 amide bonds. The van der Waals surface area contributed by atoms with E-state index in [9.17, 15) is 26.4 Å². The molecule has 2 aromatic rings. The van der Waals surface area contributed by atoms with Crippen LogP contribution in [-0.2, 0) is 21.8 Å². The van der Waals surface area contributed by atoms with Gasteiger partial charge in [0.15, 0.2) is 9.84 Å². The minimum Gasteiger partial charge on any atom is -0.337 e. The fourth-order valence-corrected chi connectivity index (χ4v) is 5.13. The number of aromatic nitrogens is 1. The lowest BCUT2D eigenvalue weighted by molar-refractivity contribution is -0.137. The second kappa shape index (κ2) is 9.38. The molecule has 5 nitrogen and oxygen atoms in total. The molecule has 0 atom stereocenters. The Morgan fingerprint density at radius 2 is 1.81 bits per heavy atom. The third kappa shape index (κ3) is 5.84. The van der Waals surface area contributed by atoms with Crippen molar-refractivity contribution in [2.75, 3.05) is 13.1 Å². The number of amides is 1. The maximum Gasteiger partial charge on any atom is 0.416 e. The van der Waals surface area contributed by atoms with Gasteiger partial charge in [-0.05, 0) is 49.1 Å². The van der Waals surface area contributed by atoms with Crippen molar-refractivity contribution in [2.24, 2.45) is 5.92 Å². The van der Waals surface area contributed by atoms with Crippen molar-refractivity contribution in [2.45, 2.75) is 49.4 Å². The fourth-order valence-electron chi connectivity index (χ4n) is 3.82. The lowest BCUT2D eigenvalue weighted by atomic mass is 9.92. The van der Waals surface area contributed by atoms with Gasteiger partial charge in [0.05, 0.1) is 21.9 Å². The zero-order valence-electron chi connectivity index (χ0n) is 17.2. The zero-order valence-corrected chi connectivity index (χ0v) is 18.0. The number of alkyl halides is 3. The molecule has 0 bridgehead atoms. The molecule has 0 N–H and O–H groups in total. The molecule has 3 rings (SSSR count). The van der Waals surface area contributed by atoms with Gasteiger partial charge in [-0.15, -0.1) is 0 Å². The molecule has 0 unspecified atom stereocenters. The topological polar surface area (TPSA) is 67.3 Å². The molecule has 0 aliphatic carbocycles. The number of hydrogen-bond acceptors (Lipinski definition) is 4. The average molecular weight is 455 g/mol. The van der Waals surface area contributed by atoms with Crippen molar-refractivity contribution in [3.05, 3.63) is 59.4 Å². The Morgan fingerprint density at radius 1 is 1.13 bits per heavy atom. The summed E-state index contributed by atoms with van der Waals surface area (Å²) >= 11 is 0. The van der Waals surface area contributed by atoms with Crippen molar-refractivity contribution >= 4 is 15.7 Å². The molecular formula is C22H25F3N2O3S. The van der Waals surface area contributed by atoms with Crippen LogP contribution in [0.25, 0.3) is 0 Å². The van der Waals surface area contributed by atoms with Crippen LogP contribution in [0.3, 0.4) is 0 Å². The van der Waals surface area contributed by atoms with Gasteiger partial charge in [0.1, 0.15) is 5.69 Å². The van der Waals surface area contributed by atoms with Gasteiger partial charge in [-0.25, -0.2) is 13.4 Å². The highest BCUT2D eigenvalue weighted by Gasteiger charge is 2.32. The second-order valence-electron chi connectivity index (χ2n) is 7.82. The van der Waals surface area contributed by atoms with E-state index in [0.717, 1.165) is 43.9 Å². The first-order valence-electron chi connectivity index (χ1n) is 10.3. The number of nitrogens with zero attached hydrogens (tertiary/aromatic N) is 2. The average Bonchev–Trinajstić information content (AvgIpc) is 2.73. The number of benzene rings is 1. The number of sulfone groups is 1. The Bertz CT molecular complexity index is 1030. The van der Waals surface area contributed by atoms with Crippen LogP contribution >= 0.6 is 0 Å². The molecule has 1 fully saturated rings. The lowest BCUT2D eigenvalue weighted by Crippen LogP contribution is -2.38. The molecule has 1 aliphatic rings. The standard InChI is InChI=1S/C22H25F3N2O3S/c1-2-5-16-10-12-27(13-11-16)21(28)20-9-4-7-18(26-20)15-31(29,30)19-8-3-6-17(14-19)22(23,24)25/h3-4,6-9,14,16H,2,5,10-13,15H2,1H3. The molecule has 1 aromatic carbocycles. The van der Waals surface area contributed by atoms with Gasteiger partial charge in [0.25, 0.3) is 5.91 Å². The third-order valence-electron chi connectivity index (χ3n) is 5.48. The first-order valence-corrected chi connectivity index (χ1v) is 11.9. The lowest BCUT2D eigenvalue weighted by Gasteiger charge is -2.31. The smallest absolute Gasteiger partial charge is 0.337 e. The van der Waals surface area contributed by atoms with Crippen molar-refractivity contribution in [1.82, 2.24) is 9.88 Å². The minimum absolute atomic E-state index is 0.115. The highest BCUT2D eigenvalue weighted by Crippen LogP contribution is 2.31. The van der Waals surface area contributed by atoms with Crippen LogP contribution in [-0.4, -0.2) is 37.3 Å². The van der Waals surface area contributed by atoms with E-state index in [1.54, 1.807) is 11.0 Å². The number of piperidine rings is 1. The molecule has 0 saturated carbocycles. The summed E-state index contributed by atoms with van der Waals surface area (Å²) in [4.78, 5) is 18.3. The fraction of sp³-hybridized carbons (Fsp3) is 0.455. The van der Waals surface area contributed by atoms with Crippen molar-refractivity contribution in [3.8, 4) is 0 Å². The van der Waals surface area contributed by atoms with Crippen LogP contribution in [0.1, 0.15) is 54.4 Å². The molecule has 0 radical (unpaired) electrons. The van der Waals surface area contributed by atoms with Gasteiger partial charge in [0, 0.05) is 13.1 Å². The predicted octanol–water partition coefficient (Wildman–Crippen LogP) is 4.73. The van der Waals surface area contributed by atoms with Crippen molar-refractivity contribution < 1.29 is 26.4 Å². The van der Waals surface area contributed by atoms with E-state index in [2.05, 4.69) is 11.9 Å². The van der Waals surface area contributed by atoms with E-state index in [4.69, 9.17) is 0 Å². The molecule has 1 aromatic heterocycles. The Kier molecular flexibility index (Phi) is 7.03. The minimum atomic E-state index is -4.64. The predicted molar refractivity (Wildman–Crippen MR) is 110 cm³/mol. The van der Waals surface area contributed by atoms with Gasteiger partial charge in [-0.2, -0.15) is 13.2 Å². The summed E-state index contributed by atoms with van der Waals surface area (Å²) in [7, 11) is -4.06. The summed E-state index contributed by atoms with van der Waals surface area (Å²) < 4.78 is 64.1. The van der Waals surface area contributed by atoms with E-state index in [-0.39, 0.29) is 17.3 Å². The van der Waals surface area contributed by atoms with Crippen LogP contribution in [0.2, 0.25) is 0 Å². The van der Waals surface area contributed by atoms with Crippen LogP contribution < -0.4 is 0 Å². The molecule has 9 heteroatoms. The number of carbonyl (C=O) groups is 1. The molecule has 2 heterocycles. The van der Waals surface area contributed by atoms with E-state index in [1.807, 2.05) is 0 Å². The normalized spacial score (nSPS) is 15.8. The number of hydrogen-bond donors (Lipinski definition) is 0. The first kappa shape index (κ1) is 23.2. The molecule has 168 valence electrons. The number of carbonyl (C=O) groups excluding carboxylic acids is 1. The summed E-state index contributed by atoms with van der Waals surface area (Å²) in [5.74, 6) is -0.229. The molecule has 1 saturated heterocycles. The SMILES string of the molecule is CCCC1CCN(C(=O)c2cccc(CS(=O)(=O)c3cccc(C(F)(F)F)c3)n2)CC1. The van der Waals surface area contributed by atoms with E-state index >= 15 is 0 Å². The van der Waals surface area contributed by atoms with Gasteiger partial charge < -0.3 is 4.90 Å².